The van der Waals surface area contributed by atoms with Crippen molar-refractivity contribution in [2.24, 2.45) is 0 Å². The van der Waals surface area contributed by atoms with Gasteiger partial charge in [0.2, 0.25) is 0 Å². The molecule has 0 amide bonds. The Labute approximate surface area is 146 Å². The number of aryl methyl sites for hydroxylation is 1. The van der Waals surface area contributed by atoms with Crippen LogP contribution in [-0.2, 0) is 17.6 Å². The summed E-state index contributed by atoms with van der Waals surface area (Å²) in [5.74, 6) is -0.226. The number of rotatable bonds is 3. The van der Waals surface area contributed by atoms with E-state index in [1.165, 1.54) is 4.88 Å². The number of nitrogens with zero attached hydrogens (tertiary/aromatic N) is 2. The minimum absolute atomic E-state index is 0.226. The number of hydrogen-bond acceptors (Lipinski definition) is 5. The van der Waals surface area contributed by atoms with E-state index in [1.807, 2.05) is 6.92 Å². The SMILES string of the molecule is CCOC(=O)c1c(NC(=S)N2CCN(C)CC2)sc2c1CCC2. The van der Waals surface area contributed by atoms with Crippen molar-refractivity contribution in [1.82, 2.24) is 9.80 Å². The number of carbonyl (C=O) groups is 1. The molecular formula is C16H23N3O2S2. The summed E-state index contributed by atoms with van der Waals surface area (Å²) in [7, 11) is 2.12. The average molecular weight is 354 g/mol. The van der Waals surface area contributed by atoms with Gasteiger partial charge in [0.25, 0.3) is 0 Å². The highest BCUT2D eigenvalue weighted by Gasteiger charge is 2.28. The third kappa shape index (κ3) is 3.51. The summed E-state index contributed by atoms with van der Waals surface area (Å²) in [6.07, 6.45) is 3.13. The number of ether oxygens (including phenoxy) is 1. The van der Waals surface area contributed by atoms with Crippen molar-refractivity contribution in [2.75, 3.05) is 45.2 Å². The zero-order valence-electron chi connectivity index (χ0n) is 13.7. The number of nitrogens with one attached hydrogen (secondary N) is 1. The molecule has 0 atom stereocenters. The van der Waals surface area contributed by atoms with Crippen LogP contribution in [0, 0.1) is 0 Å². The smallest absolute Gasteiger partial charge is 0.341 e. The van der Waals surface area contributed by atoms with Crippen LogP contribution in [-0.4, -0.2) is 60.7 Å². The zero-order valence-corrected chi connectivity index (χ0v) is 15.3. The molecule has 0 bridgehead atoms. The standard InChI is InChI=1S/C16H23N3O2S2/c1-3-21-15(20)13-11-5-4-6-12(11)23-14(13)17-16(22)19-9-7-18(2)8-10-19/h3-10H2,1-2H3,(H,17,22). The quantitative estimate of drug-likeness (QED) is 0.665. The van der Waals surface area contributed by atoms with Gasteiger partial charge in [-0.2, -0.15) is 0 Å². The predicted molar refractivity (Wildman–Crippen MR) is 97.6 cm³/mol. The first kappa shape index (κ1) is 16.7. The summed E-state index contributed by atoms with van der Waals surface area (Å²) in [5, 5.41) is 4.89. The lowest BCUT2D eigenvalue weighted by Gasteiger charge is -2.34. The van der Waals surface area contributed by atoms with E-state index in [2.05, 4.69) is 22.2 Å². The van der Waals surface area contributed by atoms with Crippen molar-refractivity contribution < 1.29 is 9.53 Å². The van der Waals surface area contributed by atoms with E-state index < -0.39 is 0 Å². The molecule has 0 unspecified atom stereocenters. The van der Waals surface area contributed by atoms with Crippen molar-refractivity contribution in [1.29, 1.82) is 0 Å². The van der Waals surface area contributed by atoms with E-state index >= 15 is 0 Å². The van der Waals surface area contributed by atoms with E-state index in [0.29, 0.717) is 17.3 Å². The van der Waals surface area contributed by atoms with Gasteiger partial charge in [0.1, 0.15) is 5.00 Å². The fraction of sp³-hybridized carbons (Fsp3) is 0.625. The molecule has 0 saturated carbocycles. The van der Waals surface area contributed by atoms with Gasteiger partial charge in [-0.25, -0.2) is 4.79 Å². The molecule has 1 N–H and O–H groups in total. The number of thiocarbonyl (C=S) groups is 1. The minimum Gasteiger partial charge on any atom is -0.462 e. The Kier molecular flexibility index (Phi) is 5.18. The molecule has 1 aliphatic carbocycles. The van der Waals surface area contributed by atoms with Crippen LogP contribution in [0.3, 0.4) is 0 Å². The molecule has 2 heterocycles. The molecule has 1 aromatic rings. The topological polar surface area (TPSA) is 44.8 Å². The van der Waals surface area contributed by atoms with Gasteiger partial charge >= 0.3 is 5.97 Å². The molecule has 2 aliphatic rings. The zero-order chi connectivity index (χ0) is 16.4. The second-order valence-corrected chi connectivity index (χ2v) is 7.49. The van der Waals surface area contributed by atoms with Gasteiger partial charge in [0.05, 0.1) is 12.2 Å². The lowest BCUT2D eigenvalue weighted by atomic mass is 10.1. The molecule has 1 aromatic heterocycles. The molecule has 0 aromatic carbocycles. The Morgan fingerprint density at radius 3 is 2.74 bits per heavy atom. The highest BCUT2D eigenvalue weighted by atomic mass is 32.1. The fourth-order valence-corrected chi connectivity index (χ4v) is 4.72. The highest BCUT2D eigenvalue weighted by Crippen LogP contribution is 2.39. The first-order valence-corrected chi connectivity index (χ1v) is 9.38. The maximum absolute atomic E-state index is 12.4. The van der Waals surface area contributed by atoms with Gasteiger partial charge in [-0.15, -0.1) is 11.3 Å². The summed E-state index contributed by atoms with van der Waals surface area (Å²) in [5.41, 5.74) is 1.87. The van der Waals surface area contributed by atoms with Crippen molar-refractivity contribution in [2.45, 2.75) is 26.2 Å². The number of anilines is 1. The normalized spacial score (nSPS) is 17.9. The first-order valence-electron chi connectivity index (χ1n) is 8.16. The third-order valence-corrected chi connectivity index (χ3v) is 5.98. The van der Waals surface area contributed by atoms with Crippen LogP contribution >= 0.6 is 23.6 Å². The average Bonchev–Trinajstić information content (AvgIpc) is 3.08. The predicted octanol–water partition coefficient (Wildman–Crippen LogP) is 2.36. The lowest BCUT2D eigenvalue weighted by Crippen LogP contribution is -2.48. The second kappa shape index (κ2) is 7.15. The van der Waals surface area contributed by atoms with Gasteiger partial charge in [0, 0.05) is 31.1 Å². The van der Waals surface area contributed by atoms with E-state index in [-0.39, 0.29) is 5.97 Å². The molecule has 1 saturated heterocycles. The van der Waals surface area contributed by atoms with Crippen LogP contribution in [0.1, 0.15) is 34.1 Å². The van der Waals surface area contributed by atoms with Crippen LogP contribution in [0.15, 0.2) is 0 Å². The van der Waals surface area contributed by atoms with Crippen molar-refractivity contribution in [3.05, 3.63) is 16.0 Å². The van der Waals surface area contributed by atoms with Gasteiger partial charge in [-0.1, -0.05) is 0 Å². The van der Waals surface area contributed by atoms with Gasteiger partial charge < -0.3 is 19.9 Å². The molecule has 23 heavy (non-hydrogen) atoms. The number of fused-ring (bicyclic) bond motifs is 1. The number of thiophene rings is 1. The molecule has 5 nitrogen and oxygen atoms in total. The molecular weight excluding hydrogens is 330 g/mol. The van der Waals surface area contributed by atoms with Crippen LogP contribution in [0.25, 0.3) is 0 Å². The number of esters is 1. The Bertz CT molecular complexity index is 607. The Balaban J connectivity index is 1.77. The van der Waals surface area contributed by atoms with Gasteiger partial charge in [-0.05, 0) is 51.0 Å². The Hall–Kier alpha value is -1.18. The maximum atomic E-state index is 12.4. The summed E-state index contributed by atoms with van der Waals surface area (Å²) < 4.78 is 5.26. The van der Waals surface area contributed by atoms with E-state index in [4.69, 9.17) is 17.0 Å². The monoisotopic (exact) mass is 353 g/mol. The van der Waals surface area contributed by atoms with E-state index in [9.17, 15) is 4.79 Å². The van der Waals surface area contributed by atoms with Crippen LogP contribution in [0.2, 0.25) is 0 Å². The summed E-state index contributed by atoms with van der Waals surface area (Å²) in [6, 6.07) is 0. The summed E-state index contributed by atoms with van der Waals surface area (Å²) in [6.45, 7) is 6.09. The minimum atomic E-state index is -0.226. The van der Waals surface area contributed by atoms with Crippen molar-refractivity contribution >= 4 is 39.6 Å². The summed E-state index contributed by atoms with van der Waals surface area (Å²) >= 11 is 7.22. The molecule has 0 spiro atoms. The Morgan fingerprint density at radius 1 is 1.30 bits per heavy atom. The lowest BCUT2D eigenvalue weighted by molar-refractivity contribution is 0.0527. The first-order chi connectivity index (χ1) is 11.1. The number of piperazine rings is 1. The number of carbonyl (C=O) groups excluding carboxylic acids is 1. The van der Waals surface area contributed by atoms with Crippen molar-refractivity contribution in [3.8, 4) is 0 Å². The molecule has 3 rings (SSSR count). The number of likely N-dealkylation sites (N-methyl/N-ethyl adjacent to an activating group) is 1. The van der Waals surface area contributed by atoms with E-state index in [0.717, 1.165) is 56.0 Å². The molecule has 7 heteroatoms. The second-order valence-electron chi connectivity index (χ2n) is 6.00. The van der Waals surface area contributed by atoms with Crippen LogP contribution in [0.4, 0.5) is 5.00 Å². The van der Waals surface area contributed by atoms with Gasteiger partial charge in [-0.3, -0.25) is 0 Å². The molecule has 0 radical (unpaired) electrons. The number of hydrogen-bond donors (Lipinski definition) is 1. The van der Waals surface area contributed by atoms with Crippen LogP contribution < -0.4 is 5.32 Å². The molecule has 126 valence electrons. The van der Waals surface area contributed by atoms with Crippen LogP contribution in [0.5, 0.6) is 0 Å². The largest absolute Gasteiger partial charge is 0.462 e. The Morgan fingerprint density at radius 2 is 2.04 bits per heavy atom. The molecule has 1 aliphatic heterocycles. The van der Waals surface area contributed by atoms with Gasteiger partial charge in [0.15, 0.2) is 5.11 Å². The summed E-state index contributed by atoms with van der Waals surface area (Å²) in [4.78, 5) is 18.1. The maximum Gasteiger partial charge on any atom is 0.341 e. The highest BCUT2D eigenvalue weighted by molar-refractivity contribution is 7.80. The molecule has 1 fully saturated rings. The van der Waals surface area contributed by atoms with Crippen molar-refractivity contribution in [3.63, 3.8) is 0 Å². The fourth-order valence-electron chi connectivity index (χ4n) is 3.10. The van der Waals surface area contributed by atoms with E-state index in [1.54, 1.807) is 11.3 Å². The third-order valence-electron chi connectivity index (χ3n) is 4.41.